The number of nitrogens with one attached hydrogen (secondary N) is 1. The quantitative estimate of drug-likeness (QED) is 0.826. The highest BCUT2D eigenvalue weighted by molar-refractivity contribution is 7.11. The van der Waals surface area contributed by atoms with E-state index in [2.05, 4.69) is 10.3 Å². The lowest BCUT2D eigenvalue weighted by Crippen LogP contribution is -2.24. The molecule has 0 aliphatic heterocycles. The van der Waals surface area contributed by atoms with Crippen LogP contribution in [0.4, 0.5) is 5.69 Å². The number of anilines is 1. The minimum absolute atomic E-state index is 0.00773. The number of nitrogens with two attached hydrogens (primary N) is 1. The Morgan fingerprint density at radius 3 is 3.00 bits per heavy atom. The fraction of sp³-hybridized carbons (Fsp3) is 0.231. The summed E-state index contributed by atoms with van der Waals surface area (Å²) in [6.07, 6.45) is 2.14. The van der Waals surface area contributed by atoms with Crippen molar-refractivity contribution in [2.24, 2.45) is 0 Å². The van der Waals surface area contributed by atoms with Gasteiger partial charge in [-0.2, -0.15) is 0 Å². The van der Waals surface area contributed by atoms with Crippen LogP contribution in [0.3, 0.4) is 0 Å². The lowest BCUT2D eigenvalue weighted by Gasteiger charge is -2.04. The molecule has 1 heterocycles. The second-order valence-electron chi connectivity index (χ2n) is 4.04. The monoisotopic (exact) mass is 261 g/mol. The molecule has 94 valence electrons. The van der Waals surface area contributed by atoms with Crippen molar-refractivity contribution >= 4 is 22.9 Å². The van der Waals surface area contributed by atoms with Crippen molar-refractivity contribution in [1.29, 1.82) is 0 Å². The smallest absolute Gasteiger partial charge is 0.224 e. The van der Waals surface area contributed by atoms with Gasteiger partial charge in [-0.05, 0) is 24.6 Å². The minimum atomic E-state index is -0.00773. The van der Waals surface area contributed by atoms with Gasteiger partial charge in [0.05, 0.1) is 18.0 Å². The number of hydrogen-bond acceptors (Lipinski definition) is 4. The molecule has 0 fully saturated rings. The molecule has 2 rings (SSSR count). The zero-order chi connectivity index (χ0) is 13.0. The number of thiazole rings is 1. The molecular weight excluding hydrogens is 246 g/mol. The molecular formula is C13H15N3OS. The summed E-state index contributed by atoms with van der Waals surface area (Å²) in [6, 6.07) is 7.37. The van der Waals surface area contributed by atoms with Crippen LogP contribution in [-0.2, 0) is 17.8 Å². The van der Waals surface area contributed by atoms with Crippen LogP contribution < -0.4 is 11.1 Å². The maximum Gasteiger partial charge on any atom is 0.224 e. The minimum Gasteiger partial charge on any atom is -0.399 e. The maximum atomic E-state index is 11.7. The van der Waals surface area contributed by atoms with E-state index >= 15 is 0 Å². The van der Waals surface area contributed by atoms with Crippen LogP contribution in [0.2, 0.25) is 0 Å². The van der Waals surface area contributed by atoms with Crippen LogP contribution in [0.1, 0.15) is 15.4 Å². The van der Waals surface area contributed by atoms with Crippen molar-refractivity contribution in [2.45, 2.75) is 19.9 Å². The first-order chi connectivity index (χ1) is 8.63. The number of aryl methyl sites for hydroxylation is 1. The Morgan fingerprint density at radius 1 is 1.50 bits per heavy atom. The lowest BCUT2D eigenvalue weighted by molar-refractivity contribution is -0.120. The first-order valence-corrected chi connectivity index (χ1v) is 6.47. The Morgan fingerprint density at radius 2 is 2.33 bits per heavy atom. The van der Waals surface area contributed by atoms with Crippen LogP contribution >= 0.6 is 11.3 Å². The van der Waals surface area contributed by atoms with Gasteiger partial charge in [-0.15, -0.1) is 11.3 Å². The van der Waals surface area contributed by atoms with Gasteiger partial charge in [0.15, 0.2) is 0 Å². The second kappa shape index (κ2) is 5.64. The Balaban J connectivity index is 1.85. The molecule has 0 atom stereocenters. The number of rotatable bonds is 4. The first kappa shape index (κ1) is 12.6. The van der Waals surface area contributed by atoms with Gasteiger partial charge in [-0.3, -0.25) is 4.79 Å². The number of carbonyl (C=O) groups excluding carboxylic acids is 1. The third kappa shape index (κ3) is 3.56. The van der Waals surface area contributed by atoms with Gasteiger partial charge in [0.1, 0.15) is 0 Å². The standard InChI is InChI=1S/C13H15N3OS/c1-9-15-7-12(18-9)8-16-13(17)6-10-3-2-4-11(14)5-10/h2-5,7H,6,8,14H2,1H3,(H,16,17). The van der Waals surface area contributed by atoms with Crippen molar-refractivity contribution in [3.63, 3.8) is 0 Å². The normalized spacial score (nSPS) is 10.3. The van der Waals surface area contributed by atoms with Crippen LogP contribution in [0.5, 0.6) is 0 Å². The third-order valence-corrected chi connectivity index (χ3v) is 3.36. The highest BCUT2D eigenvalue weighted by Gasteiger charge is 2.04. The number of nitrogens with zero attached hydrogens (tertiary/aromatic N) is 1. The molecule has 5 heteroatoms. The largest absolute Gasteiger partial charge is 0.399 e. The van der Waals surface area contributed by atoms with Crippen LogP contribution in [0.15, 0.2) is 30.5 Å². The second-order valence-corrected chi connectivity index (χ2v) is 5.36. The van der Waals surface area contributed by atoms with E-state index in [9.17, 15) is 4.79 Å². The summed E-state index contributed by atoms with van der Waals surface area (Å²) in [5.74, 6) is -0.00773. The van der Waals surface area contributed by atoms with E-state index in [4.69, 9.17) is 5.73 Å². The van der Waals surface area contributed by atoms with E-state index in [1.165, 1.54) is 0 Å². The number of aromatic nitrogens is 1. The van der Waals surface area contributed by atoms with Gasteiger partial charge in [0, 0.05) is 16.8 Å². The molecule has 0 bridgehead atoms. The summed E-state index contributed by atoms with van der Waals surface area (Å²) in [6.45, 7) is 2.48. The zero-order valence-electron chi connectivity index (χ0n) is 10.1. The van der Waals surface area contributed by atoms with Crippen molar-refractivity contribution in [3.8, 4) is 0 Å². The maximum absolute atomic E-state index is 11.7. The van der Waals surface area contributed by atoms with E-state index in [1.54, 1.807) is 17.5 Å². The van der Waals surface area contributed by atoms with E-state index in [-0.39, 0.29) is 5.91 Å². The van der Waals surface area contributed by atoms with Crippen molar-refractivity contribution in [3.05, 3.63) is 45.9 Å². The average Bonchev–Trinajstić information content (AvgIpc) is 2.73. The van der Waals surface area contributed by atoms with Gasteiger partial charge in [0.2, 0.25) is 5.91 Å². The molecule has 0 aliphatic carbocycles. The topological polar surface area (TPSA) is 68.0 Å². The SMILES string of the molecule is Cc1ncc(CNC(=O)Cc2cccc(N)c2)s1. The number of hydrogen-bond donors (Lipinski definition) is 2. The van der Waals surface area contributed by atoms with Crippen molar-refractivity contribution in [1.82, 2.24) is 10.3 Å². The zero-order valence-corrected chi connectivity index (χ0v) is 11.0. The number of nitrogen functional groups attached to an aromatic ring is 1. The number of benzene rings is 1. The molecule has 1 amide bonds. The highest BCUT2D eigenvalue weighted by Crippen LogP contribution is 2.11. The van der Waals surface area contributed by atoms with Gasteiger partial charge >= 0.3 is 0 Å². The molecule has 0 radical (unpaired) electrons. The third-order valence-electron chi connectivity index (χ3n) is 2.44. The summed E-state index contributed by atoms with van der Waals surface area (Å²) >= 11 is 1.59. The van der Waals surface area contributed by atoms with Crippen LogP contribution in [-0.4, -0.2) is 10.9 Å². The number of carbonyl (C=O) groups is 1. The molecule has 4 nitrogen and oxygen atoms in total. The predicted octanol–water partition coefficient (Wildman–Crippen LogP) is 1.89. The number of amides is 1. The summed E-state index contributed by atoms with van der Waals surface area (Å²) < 4.78 is 0. The predicted molar refractivity (Wildman–Crippen MR) is 73.3 cm³/mol. The fourth-order valence-electron chi connectivity index (χ4n) is 1.62. The molecule has 0 aliphatic rings. The first-order valence-electron chi connectivity index (χ1n) is 5.66. The van der Waals surface area contributed by atoms with E-state index in [0.717, 1.165) is 15.4 Å². The van der Waals surface area contributed by atoms with E-state index in [1.807, 2.05) is 31.2 Å². The summed E-state index contributed by atoms with van der Waals surface area (Å²) in [7, 11) is 0. The molecule has 18 heavy (non-hydrogen) atoms. The Bertz CT molecular complexity index is 551. The van der Waals surface area contributed by atoms with Gasteiger partial charge in [0.25, 0.3) is 0 Å². The van der Waals surface area contributed by atoms with Crippen molar-refractivity contribution in [2.75, 3.05) is 5.73 Å². The molecule has 3 N–H and O–H groups in total. The van der Waals surface area contributed by atoms with Crippen LogP contribution in [0.25, 0.3) is 0 Å². The summed E-state index contributed by atoms with van der Waals surface area (Å²) in [5.41, 5.74) is 7.27. The average molecular weight is 261 g/mol. The molecule has 2 aromatic rings. The van der Waals surface area contributed by atoms with E-state index < -0.39 is 0 Å². The Kier molecular flexibility index (Phi) is 3.94. The molecule has 0 saturated heterocycles. The van der Waals surface area contributed by atoms with Gasteiger partial charge < -0.3 is 11.1 Å². The van der Waals surface area contributed by atoms with Gasteiger partial charge in [-0.1, -0.05) is 12.1 Å². The Hall–Kier alpha value is -1.88. The Labute approximate surface area is 110 Å². The van der Waals surface area contributed by atoms with E-state index in [0.29, 0.717) is 18.7 Å². The fourth-order valence-corrected chi connectivity index (χ4v) is 2.36. The van der Waals surface area contributed by atoms with Crippen molar-refractivity contribution < 1.29 is 4.79 Å². The molecule has 1 aromatic heterocycles. The van der Waals surface area contributed by atoms with Crippen LogP contribution in [0, 0.1) is 6.92 Å². The summed E-state index contributed by atoms with van der Waals surface area (Å²) in [5, 5.41) is 3.88. The van der Waals surface area contributed by atoms with Gasteiger partial charge in [-0.25, -0.2) is 4.98 Å². The molecule has 0 saturated carbocycles. The molecule has 0 unspecified atom stereocenters. The lowest BCUT2D eigenvalue weighted by atomic mass is 10.1. The summed E-state index contributed by atoms with van der Waals surface area (Å²) in [4.78, 5) is 16.9. The molecule has 0 spiro atoms. The highest BCUT2D eigenvalue weighted by atomic mass is 32.1. The molecule has 1 aromatic carbocycles.